The molecule has 5 heteroatoms. The van der Waals surface area contributed by atoms with Crippen molar-refractivity contribution in [3.05, 3.63) is 11.3 Å². The highest BCUT2D eigenvalue weighted by Crippen LogP contribution is 2.33. The summed E-state index contributed by atoms with van der Waals surface area (Å²) in [7, 11) is 0. The molecule has 0 bridgehead atoms. The van der Waals surface area contributed by atoms with Gasteiger partial charge in [-0.2, -0.15) is 0 Å². The van der Waals surface area contributed by atoms with E-state index in [1.807, 2.05) is 6.92 Å². The molecule has 1 rings (SSSR count). The highest BCUT2D eigenvalue weighted by molar-refractivity contribution is 5.66. The van der Waals surface area contributed by atoms with Gasteiger partial charge in [-0.25, -0.2) is 0 Å². The molecular formula is C20H36O5. The Morgan fingerprint density at radius 2 is 1.64 bits per heavy atom. The highest BCUT2D eigenvalue weighted by Gasteiger charge is 2.37. The zero-order valence-corrected chi connectivity index (χ0v) is 15.9. The van der Waals surface area contributed by atoms with Crippen molar-refractivity contribution in [3.63, 3.8) is 0 Å². The molecule has 0 aromatic rings. The van der Waals surface area contributed by atoms with E-state index < -0.39 is 12.1 Å². The molecule has 0 amide bonds. The van der Waals surface area contributed by atoms with Gasteiger partial charge < -0.3 is 20.1 Å². The molecule has 1 fully saturated rings. The van der Waals surface area contributed by atoms with Crippen LogP contribution < -0.4 is 0 Å². The van der Waals surface area contributed by atoms with E-state index in [1.54, 1.807) is 0 Å². The lowest BCUT2D eigenvalue weighted by Crippen LogP contribution is -2.26. The summed E-state index contributed by atoms with van der Waals surface area (Å²) in [6.07, 6.45) is 9.17. The maximum absolute atomic E-state index is 10.5. The Kier molecular flexibility index (Phi) is 10.8. The average molecular weight is 357 g/mol. The number of carbonyl (C=O) groups is 1. The minimum atomic E-state index is -0.738. The summed E-state index contributed by atoms with van der Waals surface area (Å²) in [5, 5.41) is 29.3. The van der Waals surface area contributed by atoms with Crippen LogP contribution >= 0.6 is 0 Å². The van der Waals surface area contributed by atoms with E-state index in [0.29, 0.717) is 25.2 Å². The quantitative estimate of drug-likeness (QED) is 0.332. The third-order valence-electron chi connectivity index (χ3n) is 5.15. The summed E-state index contributed by atoms with van der Waals surface area (Å²) in [6.45, 7) is 4.41. The number of carboxylic acids is 1. The fourth-order valence-corrected chi connectivity index (χ4v) is 3.59. The largest absolute Gasteiger partial charge is 0.512 e. The molecule has 0 spiro atoms. The van der Waals surface area contributed by atoms with Gasteiger partial charge in [0.05, 0.1) is 24.6 Å². The topological polar surface area (TPSA) is 87.0 Å². The molecule has 146 valence electrons. The number of hydrogen-bond donors (Lipinski definition) is 3. The summed E-state index contributed by atoms with van der Waals surface area (Å²) in [5.41, 5.74) is 0.873. The van der Waals surface area contributed by atoms with E-state index in [0.717, 1.165) is 44.1 Å². The minimum Gasteiger partial charge on any atom is -0.512 e. The summed E-state index contributed by atoms with van der Waals surface area (Å²) < 4.78 is 5.75. The van der Waals surface area contributed by atoms with Gasteiger partial charge in [0.15, 0.2) is 0 Å². The van der Waals surface area contributed by atoms with Crippen molar-refractivity contribution in [2.75, 3.05) is 6.61 Å². The Balaban J connectivity index is 2.42. The van der Waals surface area contributed by atoms with Gasteiger partial charge in [0, 0.05) is 18.8 Å². The zero-order chi connectivity index (χ0) is 18.7. The van der Waals surface area contributed by atoms with Crippen molar-refractivity contribution in [1.82, 2.24) is 0 Å². The van der Waals surface area contributed by atoms with Crippen LogP contribution in [-0.4, -0.2) is 40.1 Å². The van der Waals surface area contributed by atoms with Gasteiger partial charge >= 0.3 is 5.97 Å². The van der Waals surface area contributed by atoms with Gasteiger partial charge in [0.25, 0.3) is 0 Å². The number of carboxylic acid groups (broad SMARTS) is 1. The number of ether oxygens (including phenoxy) is 1. The Hall–Kier alpha value is -1.07. The third kappa shape index (κ3) is 8.23. The molecule has 1 aliphatic heterocycles. The molecule has 0 unspecified atom stereocenters. The lowest BCUT2D eigenvalue weighted by Gasteiger charge is -2.22. The van der Waals surface area contributed by atoms with Crippen LogP contribution in [0.25, 0.3) is 0 Å². The second-order valence-electron chi connectivity index (χ2n) is 7.25. The maximum Gasteiger partial charge on any atom is 0.303 e. The Labute approximate surface area is 152 Å². The average Bonchev–Trinajstić information content (AvgIpc) is 2.94. The number of aliphatic hydroxyl groups excluding tert-OH is 2. The predicted octanol–water partition coefficient (Wildman–Crippen LogP) is 4.59. The van der Waals surface area contributed by atoms with E-state index in [1.165, 1.54) is 12.8 Å². The molecule has 0 aromatic heterocycles. The van der Waals surface area contributed by atoms with E-state index in [4.69, 9.17) is 9.84 Å². The van der Waals surface area contributed by atoms with Gasteiger partial charge in [0.2, 0.25) is 0 Å². The van der Waals surface area contributed by atoms with Crippen LogP contribution in [0, 0.1) is 5.92 Å². The molecule has 0 radical (unpaired) electrons. The smallest absolute Gasteiger partial charge is 0.303 e. The fourth-order valence-electron chi connectivity index (χ4n) is 3.59. The molecule has 0 aliphatic carbocycles. The lowest BCUT2D eigenvalue weighted by atomic mass is 9.87. The number of aliphatic hydroxyl groups is 2. The molecule has 0 saturated carbocycles. The van der Waals surface area contributed by atoms with Crippen molar-refractivity contribution in [3.8, 4) is 0 Å². The van der Waals surface area contributed by atoms with Crippen molar-refractivity contribution >= 4 is 5.97 Å². The van der Waals surface area contributed by atoms with Crippen molar-refractivity contribution < 1.29 is 24.9 Å². The van der Waals surface area contributed by atoms with Crippen LogP contribution in [-0.2, 0) is 9.53 Å². The summed E-state index contributed by atoms with van der Waals surface area (Å²) in [5.74, 6) is -0.445. The van der Waals surface area contributed by atoms with E-state index in [9.17, 15) is 15.0 Å². The Morgan fingerprint density at radius 1 is 1.00 bits per heavy atom. The molecule has 3 atom stereocenters. The van der Waals surface area contributed by atoms with Gasteiger partial charge in [0.1, 0.15) is 0 Å². The van der Waals surface area contributed by atoms with Crippen LogP contribution in [0.15, 0.2) is 11.3 Å². The van der Waals surface area contributed by atoms with Crippen LogP contribution in [0.2, 0.25) is 0 Å². The first-order valence-electron chi connectivity index (χ1n) is 9.87. The molecule has 3 N–H and O–H groups in total. The Morgan fingerprint density at radius 3 is 2.32 bits per heavy atom. The van der Waals surface area contributed by atoms with Crippen LogP contribution in [0.4, 0.5) is 0 Å². The second-order valence-corrected chi connectivity index (χ2v) is 7.25. The number of hydrogen-bond acceptors (Lipinski definition) is 4. The van der Waals surface area contributed by atoms with Crippen molar-refractivity contribution in [1.29, 1.82) is 0 Å². The van der Waals surface area contributed by atoms with Gasteiger partial charge in [-0.05, 0) is 31.8 Å². The molecule has 1 aliphatic rings. The molecule has 1 heterocycles. The van der Waals surface area contributed by atoms with Gasteiger partial charge in [-0.15, -0.1) is 0 Å². The first-order chi connectivity index (χ1) is 12.0. The molecule has 0 aromatic carbocycles. The number of rotatable bonds is 13. The molecule has 1 saturated heterocycles. The zero-order valence-electron chi connectivity index (χ0n) is 15.9. The third-order valence-corrected chi connectivity index (χ3v) is 5.15. The SMILES string of the molecule is CCCCCC/C(O)=C(/C)[C@H]1[C@H](O)CO[C@@H]1CCCCCCC(=O)O. The molecule has 5 nitrogen and oxygen atoms in total. The lowest BCUT2D eigenvalue weighted by molar-refractivity contribution is -0.137. The van der Waals surface area contributed by atoms with Crippen molar-refractivity contribution in [2.45, 2.75) is 96.7 Å². The van der Waals surface area contributed by atoms with E-state index in [2.05, 4.69) is 6.92 Å². The number of aliphatic carboxylic acids is 1. The minimum absolute atomic E-state index is 0.0488. The number of unbranched alkanes of at least 4 members (excludes halogenated alkanes) is 6. The monoisotopic (exact) mass is 356 g/mol. The first kappa shape index (κ1) is 22.0. The van der Waals surface area contributed by atoms with Crippen LogP contribution in [0.5, 0.6) is 0 Å². The highest BCUT2D eigenvalue weighted by atomic mass is 16.5. The summed E-state index contributed by atoms with van der Waals surface area (Å²) in [6, 6.07) is 0. The van der Waals surface area contributed by atoms with E-state index >= 15 is 0 Å². The summed E-state index contributed by atoms with van der Waals surface area (Å²) >= 11 is 0. The fraction of sp³-hybridized carbons (Fsp3) is 0.850. The van der Waals surface area contributed by atoms with E-state index in [-0.39, 0.29) is 18.4 Å². The standard InChI is InChI=1S/C20H36O5/c1-3-4-5-8-11-16(21)15(2)20-17(22)14-25-18(20)12-9-6-7-10-13-19(23)24/h17-18,20-22H,3-14H2,1-2H3,(H,23,24)/b16-15+/t17-,18-,20+/m1/s1. The van der Waals surface area contributed by atoms with Crippen LogP contribution in [0.3, 0.4) is 0 Å². The molecular weight excluding hydrogens is 320 g/mol. The molecule has 25 heavy (non-hydrogen) atoms. The van der Waals surface area contributed by atoms with Crippen LogP contribution in [0.1, 0.15) is 84.5 Å². The number of allylic oxidation sites excluding steroid dienone is 1. The first-order valence-corrected chi connectivity index (χ1v) is 9.87. The van der Waals surface area contributed by atoms with Gasteiger partial charge in [-0.1, -0.05) is 45.4 Å². The predicted molar refractivity (Wildman–Crippen MR) is 98.7 cm³/mol. The maximum atomic E-state index is 10.5. The second kappa shape index (κ2) is 12.3. The normalized spacial score (nSPS) is 24.4. The summed E-state index contributed by atoms with van der Waals surface area (Å²) in [4.78, 5) is 10.5. The van der Waals surface area contributed by atoms with Crippen molar-refractivity contribution in [2.24, 2.45) is 5.92 Å². The van der Waals surface area contributed by atoms with Gasteiger partial charge in [-0.3, -0.25) is 4.79 Å². The Bertz CT molecular complexity index is 418.